The number of nitrogens with zero attached hydrogens (tertiary/aromatic N) is 2. The van der Waals surface area contributed by atoms with E-state index in [-0.39, 0.29) is 18.5 Å². The van der Waals surface area contributed by atoms with Crippen LogP contribution in [0.5, 0.6) is 0 Å². The van der Waals surface area contributed by atoms with Gasteiger partial charge in [-0.05, 0) is 42.8 Å². The van der Waals surface area contributed by atoms with Crippen molar-refractivity contribution in [2.75, 3.05) is 13.7 Å². The quantitative estimate of drug-likeness (QED) is 0.890. The summed E-state index contributed by atoms with van der Waals surface area (Å²) in [4.78, 5) is 2.03. The van der Waals surface area contributed by atoms with Crippen molar-refractivity contribution in [1.82, 2.24) is 4.90 Å². The Morgan fingerprint density at radius 2 is 1.95 bits per heavy atom. The van der Waals surface area contributed by atoms with Crippen LogP contribution < -0.4 is 0 Å². The van der Waals surface area contributed by atoms with Gasteiger partial charge in [0.15, 0.2) is 0 Å². The predicted octanol–water partition coefficient (Wildman–Crippen LogP) is 3.25. The summed E-state index contributed by atoms with van der Waals surface area (Å²) in [7, 11) is 1.92. The van der Waals surface area contributed by atoms with Gasteiger partial charge in [-0.2, -0.15) is 5.26 Å². The molecule has 0 aliphatic heterocycles. The maximum absolute atomic E-state index is 13.4. The summed E-state index contributed by atoms with van der Waals surface area (Å²) in [6.07, 6.45) is 0.581. The minimum atomic E-state index is -0.346. The Labute approximate surface area is 130 Å². The van der Waals surface area contributed by atoms with Crippen molar-refractivity contribution in [3.8, 4) is 6.07 Å². The molecule has 1 atom stereocenters. The van der Waals surface area contributed by atoms with Crippen LogP contribution in [0.25, 0.3) is 0 Å². The lowest BCUT2D eigenvalue weighted by molar-refractivity contribution is 0.180. The number of aliphatic hydroxyl groups is 1. The molecule has 0 aliphatic carbocycles. The van der Waals surface area contributed by atoms with E-state index in [4.69, 9.17) is 5.26 Å². The van der Waals surface area contributed by atoms with Crippen LogP contribution in [0.4, 0.5) is 4.39 Å². The van der Waals surface area contributed by atoms with Crippen molar-refractivity contribution in [3.63, 3.8) is 0 Å². The van der Waals surface area contributed by atoms with Crippen molar-refractivity contribution in [2.45, 2.75) is 19.0 Å². The van der Waals surface area contributed by atoms with Gasteiger partial charge in [-0.25, -0.2) is 4.39 Å². The Kier molecular flexibility index (Phi) is 5.65. The third-order valence-electron chi connectivity index (χ3n) is 3.73. The number of nitriles is 1. The van der Waals surface area contributed by atoms with Crippen molar-refractivity contribution >= 4 is 0 Å². The monoisotopic (exact) mass is 298 g/mol. The molecule has 0 heterocycles. The topological polar surface area (TPSA) is 47.3 Å². The molecule has 22 heavy (non-hydrogen) atoms. The first-order chi connectivity index (χ1) is 10.7. The molecular formula is C18H19FN2O. The molecule has 0 bridgehead atoms. The van der Waals surface area contributed by atoms with Crippen molar-refractivity contribution < 1.29 is 9.50 Å². The highest BCUT2D eigenvalue weighted by molar-refractivity contribution is 5.38. The summed E-state index contributed by atoms with van der Waals surface area (Å²) in [5, 5.41) is 18.5. The first-order valence-electron chi connectivity index (χ1n) is 7.20. The van der Waals surface area contributed by atoms with Crippen LogP contribution in [0.15, 0.2) is 48.5 Å². The summed E-state index contributed by atoms with van der Waals surface area (Å²) in [6, 6.07) is 16.2. The second-order valence-corrected chi connectivity index (χ2v) is 5.27. The molecule has 0 saturated heterocycles. The van der Waals surface area contributed by atoms with Gasteiger partial charge in [0.05, 0.1) is 11.6 Å². The SMILES string of the molecule is CN(Cc1cc(F)ccc1C#N)C(CCO)c1ccccc1. The second kappa shape index (κ2) is 7.69. The van der Waals surface area contributed by atoms with Gasteiger partial charge in [0.1, 0.15) is 5.82 Å². The molecule has 4 heteroatoms. The van der Waals surface area contributed by atoms with Crippen LogP contribution in [-0.2, 0) is 6.54 Å². The molecule has 114 valence electrons. The predicted molar refractivity (Wildman–Crippen MR) is 83.5 cm³/mol. The van der Waals surface area contributed by atoms with E-state index >= 15 is 0 Å². The van der Waals surface area contributed by atoms with Gasteiger partial charge >= 0.3 is 0 Å². The standard InChI is InChI=1S/C18H19FN2O/c1-21(13-16-11-17(19)8-7-15(16)12-20)18(9-10-22)14-5-3-2-4-6-14/h2-8,11,18,22H,9-10,13H2,1H3. The molecular weight excluding hydrogens is 279 g/mol. The molecule has 0 spiro atoms. The Morgan fingerprint density at radius 1 is 1.23 bits per heavy atom. The molecule has 0 amide bonds. The molecule has 3 nitrogen and oxygen atoms in total. The fraction of sp³-hybridized carbons (Fsp3) is 0.278. The van der Waals surface area contributed by atoms with Gasteiger partial charge in [0.2, 0.25) is 0 Å². The summed E-state index contributed by atoms with van der Waals surface area (Å²) in [5.74, 6) is -0.346. The molecule has 0 aliphatic rings. The van der Waals surface area contributed by atoms with Crippen molar-refractivity contribution in [2.24, 2.45) is 0 Å². The van der Waals surface area contributed by atoms with E-state index < -0.39 is 0 Å². The summed E-state index contributed by atoms with van der Waals surface area (Å²) >= 11 is 0. The van der Waals surface area contributed by atoms with E-state index in [1.165, 1.54) is 18.2 Å². The van der Waals surface area contributed by atoms with Gasteiger partial charge in [-0.3, -0.25) is 4.90 Å². The van der Waals surface area contributed by atoms with Crippen LogP contribution in [0.3, 0.4) is 0 Å². The third kappa shape index (κ3) is 3.91. The third-order valence-corrected chi connectivity index (χ3v) is 3.73. The van der Waals surface area contributed by atoms with E-state index in [1.807, 2.05) is 42.3 Å². The van der Waals surface area contributed by atoms with Gasteiger partial charge < -0.3 is 5.11 Å². The van der Waals surface area contributed by atoms with Crippen molar-refractivity contribution in [3.05, 3.63) is 71.0 Å². The first kappa shape index (κ1) is 16.2. The summed E-state index contributed by atoms with van der Waals surface area (Å²) in [6.45, 7) is 0.512. The number of hydrogen-bond donors (Lipinski definition) is 1. The lowest BCUT2D eigenvalue weighted by Gasteiger charge is -2.28. The Morgan fingerprint density at radius 3 is 2.59 bits per heavy atom. The molecule has 2 aromatic carbocycles. The molecule has 0 aromatic heterocycles. The molecule has 2 rings (SSSR count). The smallest absolute Gasteiger partial charge is 0.123 e. The number of benzene rings is 2. The highest BCUT2D eigenvalue weighted by Gasteiger charge is 2.18. The average molecular weight is 298 g/mol. The minimum absolute atomic E-state index is 0.0148. The van der Waals surface area contributed by atoms with Gasteiger partial charge in [-0.1, -0.05) is 30.3 Å². The van der Waals surface area contributed by atoms with Crippen LogP contribution in [0.2, 0.25) is 0 Å². The Balaban J connectivity index is 2.24. The summed E-state index contributed by atoms with van der Waals surface area (Å²) in [5.41, 5.74) is 2.22. The van der Waals surface area contributed by atoms with Crippen LogP contribution in [0.1, 0.15) is 29.2 Å². The molecule has 0 fully saturated rings. The zero-order valence-electron chi connectivity index (χ0n) is 12.5. The number of rotatable bonds is 6. The maximum atomic E-state index is 13.4. The molecule has 1 unspecified atom stereocenters. The fourth-order valence-electron chi connectivity index (χ4n) is 2.62. The zero-order chi connectivity index (χ0) is 15.9. The Hall–Kier alpha value is -2.22. The normalized spacial score (nSPS) is 12.1. The molecule has 0 radical (unpaired) electrons. The number of aliphatic hydroxyl groups excluding tert-OH is 1. The first-order valence-corrected chi connectivity index (χ1v) is 7.20. The average Bonchev–Trinajstić information content (AvgIpc) is 2.53. The number of halogens is 1. The lowest BCUT2D eigenvalue weighted by Crippen LogP contribution is -2.25. The fourth-order valence-corrected chi connectivity index (χ4v) is 2.62. The zero-order valence-corrected chi connectivity index (χ0v) is 12.5. The van der Waals surface area contributed by atoms with E-state index in [0.717, 1.165) is 5.56 Å². The Bertz CT molecular complexity index is 652. The largest absolute Gasteiger partial charge is 0.396 e. The van der Waals surface area contributed by atoms with Gasteiger partial charge in [-0.15, -0.1) is 0 Å². The number of hydrogen-bond acceptors (Lipinski definition) is 3. The molecule has 2 aromatic rings. The minimum Gasteiger partial charge on any atom is -0.396 e. The van der Waals surface area contributed by atoms with E-state index in [9.17, 15) is 9.50 Å². The summed E-state index contributed by atoms with van der Waals surface area (Å²) < 4.78 is 13.4. The second-order valence-electron chi connectivity index (χ2n) is 5.27. The van der Waals surface area contributed by atoms with E-state index in [2.05, 4.69) is 6.07 Å². The van der Waals surface area contributed by atoms with Crippen LogP contribution in [0, 0.1) is 17.1 Å². The van der Waals surface area contributed by atoms with Gasteiger partial charge in [0, 0.05) is 19.2 Å². The van der Waals surface area contributed by atoms with E-state index in [0.29, 0.717) is 24.1 Å². The van der Waals surface area contributed by atoms with E-state index in [1.54, 1.807) is 0 Å². The van der Waals surface area contributed by atoms with Crippen LogP contribution >= 0.6 is 0 Å². The highest BCUT2D eigenvalue weighted by Crippen LogP contribution is 2.25. The van der Waals surface area contributed by atoms with Crippen LogP contribution in [-0.4, -0.2) is 23.7 Å². The molecule has 1 N–H and O–H groups in total. The maximum Gasteiger partial charge on any atom is 0.123 e. The molecule has 0 saturated carbocycles. The lowest BCUT2D eigenvalue weighted by atomic mass is 10.0. The van der Waals surface area contributed by atoms with Crippen molar-refractivity contribution in [1.29, 1.82) is 5.26 Å². The highest BCUT2D eigenvalue weighted by atomic mass is 19.1. The van der Waals surface area contributed by atoms with Gasteiger partial charge in [0.25, 0.3) is 0 Å².